The topological polar surface area (TPSA) is 96.4 Å². The van der Waals surface area contributed by atoms with E-state index in [4.69, 9.17) is 5.11 Å². The van der Waals surface area contributed by atoms with Gasteiger partial charge in [0, 0.05) is 12.4 Å². The number of hydrogen-bond donors (Lipinski definition) is 2. The van der Waals surface area contributed by atoms with E-state index in [0.29, 0.717) is 11.3 Å². The molecule has 1 aromatic heterocycles. The summed E-state index contributed by atoms with van der Waals surface area (Å²) in [6, 6.07) is 1.52. The molecule has 1 heterocycles. The lowest BCUT2D eigenvalue weighted by Crippen LogP contribution is -2.19. The number of carboxylic acid groups (broad SMARTS) is 1. The highest BCUT2D eigenvalue weighted by Gasteiger charge is 2.13. The zero-order valence-corrected chi connectivity index (χ0v) is 9.49. The van der Waals surface area contributed by atoms with Gasteiger partial charge in [0.25, 0.3) is 0 Å². The molecule has 0 atom stereocenters. The molecule has 6 nitrogen and oxygen atoms in total. The van der Waals surface area contributed by atoms with Crippen molar-refractivity contribution in [1.82, 2.24) is 4.98 Å². The quantitative estimate of drug-likeness (QED) is 0.790. The molecule has 1 aromatic rings. The number of aromatic nitrogens is 1. The summed E-state index contributed by atoms with van der Waals surface area (Å²) in [5, 5.41) is 8.40. The Balaban J connectivity index is 2.73. The van der Waals surface area contributed by atoms with E-state index in [0.717, 1.165) is 0 Å². The highest BCUT2D eigenvalue weighted by atomic mass is 32.2. The van der Waals surface area contributed by atoms with Gasteiger partial charge >= 0.3 is 5.97 Å². The van der Waals surface area contributed by atoms with Gasteiger partial charge in [0.1, 0.15) is 0 Å². The second kappa shape index (κ2) is 4.93. The molecule has 0 aromatic carbocycles. The molecule has 0 spiro atoms. The molecule has 0 saturated carbocycles. The second-order valence-corrected chi connectivity index (χ2v) is 5.10. The smallest absolute Gasteiger partial charge is 0.304 e. The summed E-state index contributed by atoms with van der Waals surface area (Å²) in [5.74, 6) is -1.58. The summed E-state index contributed by atoms with van der Waals surface area (Å²) in [5.41, 5.74) is 1.10. The van der Waals surface area contributed by atoms with Gasteiger partial charge in [-0.2, -0.15) is 0 Å². The van der Waals surface area contributed by atoms with Crippen LogP contribution in [0, 0.1) is 6.92 Å². The lowest BCUT2D eigenvalue weighted by Gasteiger charge is -2.08. The van der Waals surface area contributed by atoms with Gasteiger partial charge in [0.2, 0.25) is 10.0 Å². The monoisotopic (exact) mass is 244 g/mol. The molecule has 0 aliphatic heterocycles. The third kappa shape index (κ3) is 3.85. The van der Waals surface area contributed by atoms with Crippen LogP contribution in [-0.2, 0) is 14.8 Å². The Morgan fingerprint density at radius 1 is 1.56 bits per heavy atom. The van der Waals surface area contributed by atoms with E-state index in [-0.39, 0.29) is 0 Å². The molecular formula is C9H12N2O4S. The number of carboxylic acids is 1. The van der Waals surface area contributed by atoms with Crippen molar-refractivity contribution in [2.24, 2.45) is 0 Å². The standard InChI is InChI=1S/C9H12N2O4S/c1-7-6-10-4-2-8(7)11-16(14,15)5-3-9(12)13/h2,4,6H,3,5H2,1H3,(H,10,11)(H,12,13). The van der Waals surface area contributed by atoms with Crippen molar-refractivity contribution in [3.8, 4) is 0 Å². The van der Waals surface area contributed by atoms with Crippen LogP contribution in [0.1, 0.15) is 12.0 Å². The number of aliphatic carboxylic acids is 1. The molecule has 0 aliphatic carbocycles. The molecule has 0 radical (unpaired) electrons. The highest BCUT2D eigenvalue weighted by Crippen LogP contribution is 2.13. The lowest BCUT2D eigenvalue weighted by atomic mass is 10.3. The largest absolute Gasteiger partial charge is 0.481 e. The summed E-state index contributed by atoms with van der Waals surface area (Å²) in [4.78, 5) is 14.1. The fourth-order valence-corrected chi connectivity index (χ4v) is 2.14. The van der Waals surface area contributed by atoms with E-state index in [1.165, 1.54) is 18.5 Å². The number of anilines is 1. The van der Waals surface area contributed by atoms with Crippen molar-refractivity contribution < 1.29 is 18.3 Å². The third-order valence-corrected chi connectivity index (χ3v) is 3.14. The van der Waals surface area contributed by atoms with Crippen LogP contribution in [0.25, 0.3) is 0 Å². The first-order chi connectivity index (χ1) is 7.41. The van der Waals surface area contributed by atoms with Crippen molar-refractivity contribution in [2.75, 3.05) is 10.5 Å². The fourth-order valence-electron chi connectivity index (χ4n) is 1.03. The number of hydrogen-bond acceptors (Lipinski definition) is 4. The maximum atomic E-state index is 11.5. The van der Waals surface area contributed by atoms with Crippen LogP contribution in [-0.4, -0.2) is 30.2 Å². The first-order valence-electron chi connectivity index (χ1n) is 4.53. The molecule has 0 saturated heterocycles. The Kier molecular flexibility index (Phi) is 3.83. The first-order valence-corrected chi connectivity index (χ1v) is 6.19. The van der Waals surface area contributed by atoms with Crippen molar-refractivity contribution in [1.29, 1.82) is 0 Å². The Bertz CT molecular complexity index is 484. The molecule has 0 aliphatic rings. The van der Waals surface area contributed by atoms with E-state index in [9.17, 15) is 13.2 Å². The Hall–Kier alpha value is -1.63. The van der Waals surface area contributed by atoms with Gasteiger partial charge in [-0.25, -0.2) is 8.42 Å². The summed E-state index contributed by atoms with van der Waals surface area (Å²) < 4.78 is 25.2. The number of nitrogens with one attached hydrogen (secondary N) is 1. The average Bonchev–Trinajstić information content (AvgIpc) is 2.19. The van der Waals surface area contributed by atoms with Crippen molar-refractivity contribution in [3.63, 3.8) is 0 Å². The predicted molar refractivity (Wildman–Crippen MR) is 58.6 cm³/mol. The number of pyridine rings is 1. The van der Waals surface area contributed by atoms with E-state index in [1.54, 1.807) is 6.92 Å². The molecule has 1 rings (SSSR count). The number of carbonyl (C=O) groups is 1. The van der Waals surface area contributed by atoms with E-state index < -0.39 is 28.2 Å². The number of rotatable bonds is 5. The zero-order chi connectivity index (χ0) is 12.2. The van der Waals surface area contributed by atoms with Gasteiger partial charge in [0.15, 0.2) is 0 Å². The van der Waals surface area contributed by atoms with Crippen molar-refractivity contribution in [2.45, 2.75) is 13.3 Å². The van der Waals surface area contributed by atoms with Crippen LogP contribution in [0.2, 0.25) is 0 Å². The van der Waals surface area contributed by atoms with E-state index >= 15 is 0 Å². The molecule has 2 N–H and O–H groups in total. The second-order valence-electron chi connectivity index (χ2n) is 3.26. The predicted octanol–water partition coefficient (Wildman–Crippen LogP) is 0.606. The maximum absolute atomic E-state index is 11.5. The normalized spacial score (nSPS) is 11.1. The molecule has 0 unspecified atom stereocenters. The number of aryl methyl sites for hydroxylation is 1. The Morgan fingerprint density at radius 3 is 2.81 bits per heavy atom. The molecule has 0 fully saturated rings. The van der Waals surface area contributed by atoms with Crippen LogP contribution in [0.3, 0.4) is 0 Å². The summed E-state index contributed by atoms with van der Waals surface area (Å²) in [6.07, 6.45) is 2.57. The minimum Gasteiger partial charge on any atom is -0.481 e. The summed E-state index contributed by atoms with van der Waals surface area (Å²) in [6.45, 7) is 1.71. The van der Waals surface area contributed by atoms with Crippen molar-refractivity contribution >= 4 is 21.7 Å². The lowest BCUT2D eigenvalue weighted by molar-refractivity contribution is -0.136. The van der Waals surface area contributed by atoms with E-state index in [1.807, 2.05) is 0 Å². The van der Waals surface area contributed by atoms with Gasteiger partial charge in [-0.1, -0.05) is 0 Å². The molecule has 88 valence electrons. The molecular weight excluding hydrogens is 232 g/mol. The van der Waals surface area contributed by atoms with Gasteiger partial charge in [-0.3, -0.25) is 14.5 Å². The average molecular weight is 244 g/mol. The van der Waals surface area contributed by atoms with Crippen LogP contribution < -0.4 is 4.72 Å². The zero-order valence-electron chi connectivity index (χ0n) is 8.67. The van der Waals surface area contributed by atoms with Crippen LogP contribution >= 0.6 is 0 Å². The van der Waals surface area contributed by atoms with E-state index in [2.05, 4.69) is 9.71 Å². The van der Waals surface area contributed by atoms with Crippen LogP contribution in [0.5, 0.6) is 0 Å². The highest BCUT2D eigenvalue weighted by molar-refractivity contribution is 7.92. The molecule has 16 heavy (non-hydrogen) atoms. The van der Waals surface area contributed by atoms with Gasteiger partial charge in [-0.15, -0.1) is 0 Å². The van der Waals surface area contributed by atoms with Gasteiger partial charge in [-0.05, 0) is 18.6 Å². The Labute approximate surface area is 93.4 Å². The van der Waals surface area contributed by atoms with Crippen molar-refractivity contribution in [3.05, 3.63) is 24.0 Å². The third-order valence-electron chi connectivity index (χ3n) is 1.87. The summed E-state index contributed by atoms with van der Waals surface area (Å²) >= 11 is 0. The van der Waals surface area contributed by atoms with Crippen LogP contribution in [0.15, 0.2) is 18.5 Å². The maximum Gasteiger partial charge on any atom is 0.304 e. The van der Waals surface area contributed by atoms with Gasteiger partial charge < -0.3 is 5.11 Å². The fraction of sp³-hybridized carbons (Fsp3) is 0.333. The Morgan fingerprint density at radius 2 is 2.25 bits per heavy atom. The minimum absolute atomic E-state index is 0.417. The van der Waals surface area contributed by atoms with Gasteiger partial charge in [0.05, 0.1) is 17.9 Å². The number of nitrogens with zero attached hydrogens (tertiary/aromatic N) is 1. The summed E-state index contributed by atoms with van der Waals surface area (Å²) in [7, 11) is -3.61. The number of sulfonamides is 1. The minimum atomic E-state index is -3.61. The first kappa shape index (κ1) is 12.4. The van der Waals surface area contributed by atoms with Crippen LogP contribution in [0.4, 0.5) is 5.69 Å². The SMILES string of the molecule is Cc1cnccc1NS(=O)(=O)CCC(=O)O. The molecule has 0 bridgehead atoms. The molecule has 7 heteroatoms. The molecule has 0 amide bonds.